The third kappa shape index (κ3) is 2.77. The molecule has 0 aromatic heterocycles. The molecule has 68 valence electrons. The Labute approximate surface area is 72.4 Å². The molecule has 0 amide bonds. The molecule has 0 saturated heterocycles. The molecule has 3 nitrogen and oxygen atoms in total. The Balaban J connectivity index is 2.60. The van der Waals surface area contributed by atoms with Gasteiger partial charge in [0.15, 0.2) is 15.6 Å². The molecule has 0 aromatic rings. The molecule has 12 heavy (non-hydrogen) atoms. The van der Waals surface area contributed by atoms with Crippen LogP contribution >= 0.6 is 0 Å². The minimum Gasteiger partial charge on any atom is -0.293 e. The zero-order valence-electron chi connectivity index (χ0n) is 7.04. The molecule has 0 spiro atoms. The highest BCUT2D eigenvalue weighted by atomic mass is 32.2. The van der Waals surface area contributed by atoms with Crippen molar-refractivity contribution in [2.75, 3.05) is 12.0 Å². The molecule has 0 radical (unpaired) electrons. The van der Waals surface area contributed by atoms with Crippen LogP contribution in [0.1, 0.15) is 19.3 Å². The Bertz CT molecular complexity index is 311. The summed E-state index contributed by atoms with van der Waals surface area (Å²) in [5.41, 5.74) is 0.695. The van der Waals surface area contributed by atoms with Crippen LogP contribution in [0, 0.1) is 0 Å². The van der Waals surface area contributed by atoms with Gasteiger partial charge in [0.2, 0.25) is 0 Å². The number of hydrogen-bond acceptors (Lipinski definition) is 3. The van der Waals surface area contributed by atoms with Gasteiger partial charge in [0.05, 0.1) is 0 Å². The molecule has 0 heterocycles. The first-order valence-corrected chi connectivity index (χ1v) is 5.95. The van der Waals surface area contributed by atoms with Crippen LogP contribution in [0.15, 0.2) is 11.6 Å². The van der Waals surface area contributed by atoms with Gasteiger partial charge in [-0.05, 0) is 24.8 Å². The fourth-order valence-electron chi connectivity index (χ4n) is 1.25. The number of carbonyl (C=O) groups is 1. The third-order valence-corrected chi connectivity index (χ3v) is 2.58. The standard InChI is InChI=1S/C8H12O3S/c1-12(10,11)6-8(9)7-4-2-3-5-7/h4H,2-3,5-6H2,1H3. The maximum atomic E-state index is 11.2. The van der Waals surface area contributed by atoms with Gasteiger partial charge in [-0.2, -0.15) is 0 Å². The quantitative estimate of drug-likeness (QED) is 0.655. The van der Waals surface area contributed by atoms with Crippen LogP contribution < -0.4 is 0 Å². The van der Waals surface area contributed by atoms with E-state index < -0.39 is 9.84 Å². The summed E-state index contributed by atoms with van der Waals surface area (Å²) >= 11 is 0. The van der Waals surface area contributed by atoms with Crippen molar-refractivity contribution in [3.63, 3.8) is 0 Å². The van der Waals surface area contributed by atoms with Crippen LogP contribution in [0.3, 0.4) is 0 Å². The van der Waals surface area contributed by atoms with Crippen LogP contribution in [-0.2, 0) is 14.6 Å². The van der Waals surface area contributed by atoms with Crippen LogP contribution in [0.4, 0.5) is 0 Å². The highest BCUT2D eigenvalue weighted by Gasteiger charge is 2.17. The first-order valence-electron chi connectivity index (χ1n) is 3.89. The molecule has 0 N–H and O–H groups in total. The van der Waals surface area contributed by atoms with Crippen molar-refractivity contribution in [3.8, 4) is 0 Å². The SMILES string of the molecule is CS(=O)(=O)CC(=O)C1=CCCC1. The predicted molar refractivity (Wildman–Crippen MR) is 46.7 cm³/mol. The number of carbonyl (C=O) groups excluding carboxylic acids is 1. The first kappa shape index (κ1) is 9.45. The smallest absolute Gasteiger partial charge is 0.173 e. The third-order valence-electron chi connectivity index (χ3n) is 1.79. The fraction of sp³-hybridized carbons (Fsp3) is 0.625. The van der Waals surface area contributed by atoms with Gasteiger partial charge < -0.3 is 0 Å². The molecule has 0 aromatic carbocycles. The van der Waals surface area contributed by atoms with E-state index in [1.807, 2.05) is 6.08 Å². The second-order valence-corrected chi connectivity index (χ2v) is 5.26. The van der Waals surface area contributed by atoms with E-state index in [1.165, 1.54) is 0 Å². The lowest BCUT2D eigenvalue weighted by Gasteiger charge is -1.98. The second-order valence-electron chi connectivity index (χ2n) is 3.11. The van der Waals surface area contributed by atoms with Crippen molar-refractivity contribution >= 4 is 15.6 Å². The number of rotatable bonds is 3. The fourth-order valence-corrected chi connectivity index (χ4v) is 1.92. The van der Waals surface area contributed by atoms with Crippen LogP contribution in [0.2, 0.25) is 0 Å². The molecule has 1 aliphatic rings. The summed E-state index contributed by atoms with van der Waals surface area (Å²) in [6, 6.07) is 0. The molecule has 0 aliphatic heterocycles. The van der Waals surface area contributed by atoms with Crippen molar-refractivity contribution < 1.29 is 13.2 Å². The maximum absolute atomic E-state index is 11.2. The van der Waals surface area contributed by atoms with Gasteiger partial charge in [-0.25, -0.2) is 8.42 Å². The van der Waals surface area contributed by atoms with Crippen molar-refractivity contribution in [1.29, 1.82) is 0 Å². The minimum absolute atomic E-state index is 0.227. The van der Waals surface area contributed by atoms with Gasteiger partial charge in [0.1, 0.15) is 5.75 Å². The van der Waals surface area contributed by atoms with Crippen molar-refractivity contribution in [3.05, 3.63) is 11.6 Å². The molecule has 0 unspecified atom stereocenters. The maximum Gasteiger partial charge on any atom is 0.173 e. The lowest BCUT2D eigenvalue weighted by atomic mass is 10.2. The van der Waals surface area contributed by atoms with Crippen molar-refractivity contribution in [2.45, 2.75) is 19.3 Å². The first-order chi connectivity index (χ1) is 5.49. The molecular formula is C8H12O3S. The van der Waals surface area contributed by atoms with E-state index in [4.69, 9.17) is 0 Å². The van der Waals surface area contributed by atoms with Crippen LogP contribution in [0.25, 0.3) is 0 Å². The summed E-state index contributed by atoms with van der Waals surface area (Å²) < 4.78 is 21.5. The Kier molecular flexibility index (Phi) is 2.67. The monoisotopic (exact) mass is 188 g/mol. The molecule has 0 atom stereocenters. The van der Waals surface area contributed by atoms with Gasteiger partial charge in [-0.1, -0.05) is 6.08 Å². The zero-order valence-corrected chi connectivity index (χ0v) is 7.86. The Morgan fingerprint density at radius 1 is 1.58 bits per heavy atom. The minimum atomic E-state index is -3.15. The van der Waals surface area contributed by atoms with E-state index in [0.29, 0.717) is 5.57 Å². The van der Waals surface area contributed by atoms with E-state index in [-0.39, 0.29) is 11.5 Å². The molecule has 0 bridgehead atoms. The average molecular weight is 188 g/mol. The van der Waals surface area contributed by atoms with Gasteiger partial charge in [0, 0.05) is 6.26 Å². The highest BCUT2D eigenvalue weighted by molar-refractivity contribution is 7.91. The van der Waals surface area contributed by atoms with Crippen LogP contribution in [-0.4, -0.2) is 26.2 Å². The highest BCUT2D eigenvalue weighted by Crippen LogP contribution is 2.18. The van der Waals surface area contributed by atoms with Crippen molar-refractivity contribution in [2.24, 2.45) is 0 Å². The molecule has 1 rings (SSSR count). The number of hydrogen-bond donors (Lipinski definition) is 0. The van der Waals surface area contributed by atoms with E-state index in [1.54, 1.807) is 0 Å². The molecule has 0 saturated carbocycles. The summed E-state index contributed by atoms with van der Waals surface area (Å²) in [4.78, 5) is 11.2. The topological polar surface area (TPSA) is 51.2 Å². The summed E-state index contributed by atoms with van der Waals surface area (Å²) in [5.74, 6) is -0.561. The van der Waals surface area contributed by atoms with E-state index in [2.05, 4.69) is 0 Å². The van der Waals surface area contributed by atoms with Gasteiger partial charge in [-0.3, -0.25) is 4.79 Å². The summed E-state index contributed by atoms with van der Waals surface area (Å²) in [5, 5.41) is 0. The zero-order chi connectivity index (χ0) is 9.19. The number of sulfone groups is 1. The number of Topliss-reactive ketones (excluding diaryl/α,β-unsaturated/α-hetero) is 1. The average Bonchev–Trinajstić information content (AvgIpc) is 2.32. The van der Waals surface area contributed by atoms with Gasteiger partial charge >= 0.3 is 0 Å². The predicted octanol–water partition coefficient (Wildman–Crippen LogP) is 0.710. The lowest BCUT2D eigenvalue weighted by molar-refractivity contribution is -0.113. The summed E-state index contributed by atoms with van der Waals surface area (Å²) in [6.45, 7) is 0. The van der Waals surface area contributed by atoms with Crippen molar-refractivity contribution in [1.82, 2.24) is 0 Å². The number of ketones is 1. The molecule has 1 aliphatic carbocycles. The largest absolute Gasteiger partial charge is 0.293 e. The molecular weight excluding hydrogens is 176 g/mol. The Morgan fingerprint density at radius 2 is 2.25 bits per heavy atom. The van der Waals surface area contributed by atoms with E-state index >= 15 is 0 Å². The normalized spacial score (nSPS) is 17.6. The Morgan fingerprint density at radius 3 is 2.67 bits per heavy atom. The van der Waals surface area contributed by atoms with Gasteiger partial charge in [0.25, 0.3) is 0 Å². The van der Waals surface area contributed by atoms with E-state index in [0.717, 1.165) is 25.5 Å². The summed E-state index contributed by atoms with van der Waals surface area (Å²) in [7, 11) is -3.15. The molecule has 0 fully saturated rings. The number of allylic oxidation sites excluding steroid dienone is 2. The lowest BCUT2D eigenvalue weighted by Crippen LogP contribution is -2.15. The second kappa shape index (κ2) is 3.39. The van der Waals surface area contributed by atoms with Crippen LogP contribution in [0.5, 0.6) is 0 Å². The van der Waals surface area contributed by atoms with E-state index in [9.17, 15) is 13.2 Å². The summed E-state index contributed by atoms with van der Waals surface area (Å²) in [6.07, 6.45) is 5.55. The van der Waals surface area contributed by atoms with Gasteiger partial charge in [-0.15, -0.1) is 0 Å². The Hall–Kier alpha value is -0.640. The molecule has 4 heteroatoms.